The van der Waals surface area contributed by atoms with Gasteiger partial charge in [0.1, 0.15) is 23.2 Å². The van der Waals surface area contributed by atoms with Crippen molar-refractivity contribution in [3.63, 3.8) is 0 Å². The van der Waals surface area contributed by atoms with Crippen LogP contribution in [0.25, 0.3) is 0 Å². The number of thioether (sulfide) groups is 1. The Kier molecular flexibility index (Phi) is 4.05. The highest BCUT2D eigenvalue weighted by Crippen LogP contribution is 2.18. The van der Waals surface area contributed by atoms with Gasteiger partial charge in [0.25, 0.3) is 0 Å². The van der Waals surface area contributed by atoms with E-state index in [1.165, 1.54) is 12.3 Å². The van der Waals surface area contributed by atoms with E-state index in [1.807, 2.05) is 23.6 Å². The highest BCUT2D eigenvalue weighted by Gasteiger charge is 2.05. The van der Waals surface area contributed by atoms with Gasteiger partial charge in [-0.25, -0.2) is 0 Å². The lowest BCUT2D eigenvalue weighted by Crippen LogP contribution is -2.04. The standard InChI is InChI=1S/C13H9NO3S/c14-9-18-8-11-6-12(15)13(7-16-11)17-10-4-2-1-3-5-10/h1-7H,8H2. The van der Waals surface area contributed by atoms with Crippen molar-refractivity contribution in [1.82, 2.24) is 0 Å². The summed E-state index contributed by atoms with van der Waals surface area (Å²) in [4.78, 5) is 11.7. The summed E-state index contributed by atoms with van der Waals surface area (Å²) in [5.74, 6) is 1.50. The minimum Gasteiger partial charge on any atom is -0.464 e. The average Bonchev–Trinajstić information content (AvgIpc) is 2.40. The van der Waals surface area contributed by atoms with Gasteiger partial charge in [-0.05, 0) is 23.9 Å². The third-order valence-corrected chi connectivity index (χ3v) is 2.66. The van der Waals surface area contributed by atoms with Crippen LogP contribution in [-0.4, -0.2) is 0 Å². The molecular weight excluding hydrogens is 250 g/mol. The van der Waals surface area contributed by atoms with E-state index in [9.17, 15) is 4.79 Å². The smallest absolute Gasteiger partial charge is 0.227 e. The second-order valence-corrected chi connectivity index (χ2v) is 4.13. The SMILES string of the molecule is N#CSCc1cc(=O)c(Oc2ccccc2)co1. The molecule has 0 fully saturated rings. The number of benzene rings is 1. The molecule has 18 heavy (non-hydrogen) atoms. The van der Waals surface area contributed by atoms with Crippen LogP contribution < -0.4 is 10.2 Å². The number of rotatable bonds is 4. The molecule has 5 heteroatoms. The number of para-hydroxylation sites is 1. The molecule has 1 heterocycles. The van der Waals surface area contributed by atoms with Gasteiger partial charge in [-0.2, -0.15) is 5.26 Å². The second-order valence-electron chi connectivity index (χ2n) is 3.37. The van der Waals surface area contributed by atoms with Gasteiger partial charge in [0.05, 0.1) is 5.75 Å². The summed E-state index contributed by atoms with van der Waals surface area (Å²) in [5, 5.41) is 10.3. The fourth-order valence-corrected chi connectivity index (χ4v) is 1.67. The molecule has 0 saturated heterocycles. The molecule has 0 spiro atoms. The highest BCUT2D eigenvalue weighted by atomic mass is 32.2. The van der Waals surface area contributed by atoms with Crippen LogP contribution in [0.2, 0.25) is 0 Å². The predicted molar refractivity (Wildman–Crippen MR) is 68.4 cm³/mol. The molecule has 0 aliphatic heterocycles. The summed E-state index contributed by atoms with van der Waals surface area (Å²) < 4.78 is 10.6. The van der Waals surface area contributed by atoms with E-state index >= 15 is 0 Å². The first kappa shape index (κ1) is 12.3. The van der Waals surface area contributed by atoms with E-state index in [0.29, 0.717) is 17.3 Å². The third kappa shape index (κ3) is 3.15. The quantitative estimate of drug-likeness (QED) is 0.789. The van der Waals surface area contributed by atoms with E-state index in [-0.39, 0.29) is 11.2 Å². The van der Waals surface area contributed by atoms with E-state index in [1.54, 1.807) is 12.1 Å². The molecule has 2 rings (SSSR count). The van der Waals surface area contributed by atoms with Crippen molar-refractivity contribution in [2.75, 3.05) is 0 Å². The summed E-state index contributed by atoms with van der Waals surface area (Å²) in [6, 6.07) is 10.3. The molecule has 1 aromatic heterocycles. The van der Waals surface area contributed by atoms with Crippen molar-refractivity contribution < 1.29 is 9.15 Å². The van der Waals surface area contributed by atoms with Crippen LogP contribution in [0, 0.1) is 10.7 Å². The number of hydrogen-bond donors (Lipinski definition) is 0. The van der Waals surface area contributed by atoms with Crippen molar-refractivity contribution in [1.29, 1.82) is 5.26 Å². The van der Waals surface area contributed by atoms with Crippen LogP contribution in [0.15, 0.2) is 51.9 Å². The van der Waals surface area contributed by atoms with Crippen molar-refractivity contribution in [3.05, 3.63) is 58.6 Å². The molecule has 1 aromatic carbocycles. The van der Waals surface area contributed by atoms with E-state index < -0.39 is 0 Å². The van der Waals surface area contributed by atoms with Crippen LogP contribution in [-0.2, 0) is 5.75 Å². The van der Waals surface area contributed by atoms with Gasteiger partial charge in [-0.3, -0.25) is 4.79 Å². The summed E-state index contributed by atoms with van der Waals surface area (Å²) in [5.41, 5.74) is -0.265. The van der Waals surface area contributed by atoms with Crippen molar-refractivity contribution in [2.45, 2.75) is 5.75 Å². The Morgan fingerprint density at radius 3 is 2.78 bits per heavy atom. The van der Waals surface area contributed by atoms with Gasteiger partial charge in [0.15, 0.2) is 0 Å². The van der Waals surface area contributed by atoms with E-state index in [2.05, 4.69) is 0 Å². The number of hydrogen-bond acceptors (Lipinski definition) is 5. The van der Waals surface area contributed by atoms with Crippen LogP contribution in [0.1, 0.15) is 5.76 Å². The third-order valence-electron chi connectivity index (χ3n) is 2.10. The number of nitriles is 1. The lowest BCUT2D eigenvalue weighted by molar-refractivity contribution is 0.427. The van der Waals surface area contributed by atoms with Crippen molar-refractivity contribution in [3.8, 4) is 16.9 Å². The zero-order valence-corrected chi connectivity index (χ0v) is 10.1. The van der Waals surface area contributed by atoms with Crippen LogP contribution in [0.3, 0.4) is 0 Å². The van der Waals surface area contributed by atoms with Crippen molar-refractivity contribution >= 4 is 11.8 Å². The van der Waals surface area contributed by atoms with Crippen LogP contribution >= 0.6 is 11.8 Å². The zero-order valence-electron chi connectivity index (χ0n) is 9.33. The lowest BCUT2D eigenvalue weighted by atomic mass is 10.3. The summed E-state index contributed by atoms with van der Waals surface area (Å²) in [7, 11) is 0. The summed E-state index contributed by atoms with van der Waals surface area (Å²) in [6.45, 7) is 0. The first-order valence-electron chi connectivity index (χ1n) is 5.15. The lowest BCUT2D eigenvalue weighted by Gasteiger charge is -2.04. The molecule has 0 aliphatic rings. The predicted octanol–water partition coefficient (Wildman–Crippen LogP) is 3.15. The molecule has 0 saturated carbocycles. The molecule has 0 radical (unpaired) electrons. The minimum atomic E-state index is -0.265. The molecule has 0 atom stereocenters. The zero-order chi connectivity index (χ0) is 12.8. The molecular formula is C13H9NO3S. The molecule has 4 nitrogen and oxygen atoms in total. The Labute approximate surface area is 108 Å². The van der Waals surface area contributed by atoms with Crippen LogP contribution in [0.4, 0.5) is 0 Å². The van der Waals surface area contributed by atoms with Gasteiger partial charge < -0.3 is 9.15 Å². The maximum Gasteiger partial charge on any atom is 0.227 e. The van der Waals surface area contributed by atoms with Crippen molar-refractivity contribution in [2.24, 2.45) is 0 Å². The van der Waals surface area contributed by atoms with E-state index in [0.717, 1.165) is 11.8 Å². The molecule has 0 aliphatic carbocycles. The Bertz CT molecular complexity index is 616. The number of thiocyanates is 1. The van der Waals surface area contributed by atoms with Gasteiger partial charge in [0, 0.05) is 6.07 Å². The monoisotopic (exact) mass is 259 g/mol. The largest absolute Gasteiger partial charge is 0.464 e. The molecule has 0 bridgehead atoms. The minimum absolute atomic E-state index is 0.131. The number of nitrogens with zero attached hydrogens (tertiary/aromatic N) is 1. The molecule has 0 amide bonds. The van der Waals surface area contributed by atoms with Gasteiger partial charge >= 0.3 is 0 Å². The average molecular weight is 259 g/mol. The molecule has 0 N–H and O–H groups in total. The fourth-order valence-electron chi connectivity index (χ4n) is 1.31. The topological polar surface area (TPSA) is 63.2 Å². The van der Waals surface area contributed by atoms with Gasteiger partial charge in [-0.1, -0.05) is 18.2 Å². The first-order chi connectivity index (χ1) is 8.79. The van der Waals surface area contributed by atoms with Crippen LogP contribution in [0.5, 0.6) is 11.5 Å². The Hall–Kier alpha value is -2.19. The Balaban J connectivity index is 2.16. The number of ether oxygens (including phenoxy) is 1. The summed E-state index contributed by atoms with van der Waals surface area (Å²) in [6.07, 6.45) is 1.27. The normalized spacial score (nSPS) is 9.72. The van der Waals surface area contributed by atoms with Gasteiger partial charge in [-0.15, -0.1) is 0 Å². The fraction of sp³-hybridized carbons (Fsp3) is 0.0769. The maximum absolute atomic E-state index is 11.7. The first-order valence-corrected chi connectivity index (χ1v) is 6.13. The second kappa shape index (κ2) is 5.94. The Morgan fingerprint density at radius 1 is 1.33 bits per heavy atom. The summed E-state index contributed by atoms with van der Waals surface area (Å²) >= 11 is 1.01. The van der Waals surface area contributed by atoms with Gasteiger partial charge in [0.2, 0.25) is 11.2 Å². The molecule has 0 unspecified atom stereocenters. The molecule has 90 valence electrons. The van der Waals surface area contributed by atoms with E-state index in [4.69, 9.17) is 14.4 Å². The Morgan fingerprint density at radius 2 is 2.11 bits per heavy atom. The molecule has 2 aromatic rings. The highest BCUT2D eigenvalue weighted by molar-refractivity contribution is 8.02. The maximum atomic E-state index is 11.7.